The Morgan fingerprint density at radius 1 is 1.40 bits per heavy atom. The number of aryl methyl sites for hydroxylation is 1. The molecule has 7 nitrogen and oxygen atoms in total. The first-order chi connectivity index (χ1) is 9.67. The van der Waals surface area contributed by atoms with Crippen LogP contribution in [-0.2, 0) is 22.6 Å². The summed E-state index contributed by atoms with van der Waals surface area (Å²) >= 11 is 0. The van der Waals surface area contributed by atoms with Gasteiger partial charge in [0.25, 0.3) is 0 Å². The number of carbonyl (C=O) groups excluding carboxylic acids is 1. The summed E-state index contributed by atoms with van der Waals surface area (Å²) in [5, 5.41) is 7.85. The van der Waals surface area contributed by atoms with Crippen LogP contribution in [0, 0.1) is 6.92 Å². The molecule has 2 aromatic rings. The van der Waals surface area contributed by atoms with Crippen LogP contribution in [-0.4, -0.2) is 40.2 Å². The second kappa shape index (κ2) is 6.25. The van der Waals surface area contributed by atoms with Crippen molar-refractivity contribution in [3.63, 3.8) is 0 Å². The van der Waals surface area contributed by atoms with Gasteiger partial charge in [0.2, 0.25) is 0 Å². The lowest BCUT2D eigenvalue weighted by Crippen LogP contribution is -2.12. The number of pyridine rings is 1. The Kier molecular flexibility index (Phi) is 4.41. The molecule has 0 unspecified atom stereocenters. The van der Waals surface area contributed by atoms with Crippen LogP contribution in [0.1, 0.15) is 27.4 Å². The van der Waals surface area contributed by atoms with Gasteiger partial charge in [-0.1, -0.05) is 11.3 Å². The molecule has 2 rings (SSSR count). The molecule has 0 fully saturated rings. The Balaban J connectivity index is 2.34. The van der Waals surface area contributed by atoms with Crippen LogP contribution < -0.4 is 0 Å². The highest BCUT2D eigenvalue weighted by atomic mass is 16.5. The smallest absolute Gasteiger partial charge is 0.360 e. The van der Waals surface area contributed by atoms with E-state index < -0.39 is 5.97 Å². The van der Waals surface area contributed by atoms with Gasteiger partial charge in [-0.3, -0.25) is 4.98 Å². The Morgan fingerprint density at radius 2 is 2.20 bits per heavy atom. The molecule has 0 saturated carbocycles. The zero-order valence-corrected chi connectivity index (χ0v) is 11.7. The first-order valence-corrected chi connectivity index (χ1v) is 6.07. The molecule has 0 aliphatic carbocycles. The summed E-state index contributed by atoms with van der Waals surface area (Å²) in [5.74, 6) is -0.527. The van der Waals surface area contributed by atoms with Gasteiger partial charge in [-0.05, 0) is 18.6 Å². The Morgan fingerprint density at radius 3 is 2.85 bits per heavy atom. The summed E-state index contributed by atoms with van der Waals surface area (Å²) in [7, 11) is 2.85. The molecule has 20 heavy (non-hydrogen) atoms. The van der Waals surface area contributed by atoms with Crippen molar-refractivity contribution in [3.05, 3.63) is 41.0 Å². The average Bonchev–Trinajstić information content (AvgIpc) is 2.84. The van der Waals surface area contributed by atoms with E-state index in [1.165, 1.54) is 7.11 Å². The van der Waals surface area contributed by atoms with E-state index in [0.29, 0.717) is 12.2 Å². The van der Waals surface area contributed by atoms with E-state index in [4.69, 9.17) is 4.74 Å². The van der Waals surface area contributed by atoms with Gasteiger partial charge >= 0.3 is 5.97 Å². The lowest BCUT2D eigenvalue weighted by atomic mass is 10.2. The normalized spacial score (nSPS) is 10.6. The van der Waals surface area contributed by atoms with Gasteiger partial charge in [0.15, 0.2) is 5.69 Å². The minimum absolute atomic E-state index is 0.169. The fraction of sp³-hybridized carbons (Fsp3) is 0.385. The summed E-state index contributed by atoms with van der Waals surface area (Å²) in [6.45, 7) is 2.62. The largest absolute Gasteiger partial charge is 0.464 e. The van der Waals surface area contributed by atoms with E-state index in [1.54, 1.807) is 18.0 Å². The van der Waals surface area contributed by atoms with E-state index >= 15 is 0 Å². The number of carbonyl (C=O) groups is 1. The highest BCUT2D eigenvalue weighted by molar-refractivity contribution is 5.88. The Labute approximate surface area is 116 Å². The topological polar surface area (TPSA) is 79.1 Å². The third kappa shape index (κ3) is 2.83. The van der Waals surface area contributed by atoms with Gasteiger partial charge in [-0.15, -0.1) is 5.10 Å². The molecule has 0 aliphatic heterocycles. The van der Waals surface area contributed by atoms with E-state index in [9.17, 15) is 4.79 Å². The quantitative estimate of drug-likeness (QED) is 0.757. The molecule has 0 aliphatic rings. The van der Waals surface area contributed by atoms with Crippen LogP contribution >= 0.6 is 0 Å². The second-order valence-corrected chi connectivity index (χ2v) is 4.23. The lowest BCUT2D eigenvalue weighted by Gasteiger charge is -2.08. The fourth-order valence-corrected chi connectivity index (χ4v) is 1.82. The lowest BCUT2D eigenvalue weighted by molar-refractivity contribution is 0.0588. The van der Waals surface area contributed by atoms with Crippen molar-refractivity contribution in [1.82, 2.24) is 20.0 Å². The van der Waals surface area contributed by atoms with Gasteiger partial charge in [0.05, 0.1) is 31.6 Å². The number of aromatic nitrogens is 4. The summed E-state index contributed by atoms with van der Waals surface area (Å²) in [6, 6.07) is 3.84. The molecule has 2 heterocycles. The van der Waals surface area contributed by atoms with Crippen molar-refractivity contribution in [3.8, 4) is 0 Å². The molecule has 0 atom stereocenters. The molecule has 106 valence electrons. The predicted octanol–water partition coefficient (Wildman–Crippen LogP) is 0.963. The maximum atomic E-state index is 11.6. The third-order valence-electron chi connectivity index (χ3n) is 2.91. The molecule has 2 aromatic heterocycles. The highest BCUT2D eigenvalue weighted by Gasteiger charge is 2.20. The number of rotatable bonds is 5. The van der Waals surface area contributed by atoms with E-state index in [2.05, 4.69) is 20.0 Å². The van der Waals surface area contributed by atoms with Crippen LogP contribution in [0.4, 0.5) is 0 Å². The molecule has 0 amide bonds. The van der Waals surface area contributed by atoms with E-state index in [-0.39, 0.29) is 12.3 Å². The molecule has 0 radical (unpaired) electrons. The fourth-order valence-electron chi connectivity index (χ4n) is 1.82. The summed E-state index contributed by atoms with van der Waals surface area (Å²) < 4.78 is 11.4. The SMILES string of the molecule is COCc1c(C(=O)OC)nnn1Cc1ncccc1C. The zero-order chi connectivity index (χ0) is 14.5. The molecular weight excluding hydrogens is 260 g/mol. The van der Waals surface area contributed by atoms with Crippen molar-refractivity contribution in [2.24, 2.45) is 0 Å². The van der Waals surface area contributed by atoms with Gasteiger partial charge in [0.1, 0.15) is 0 Å². The number of nitrogens with zero attached hydrogens (tertiary/aromatic N) is 4. The molecule has 7 heteroatoms. The third-order valence-corrected chi connectivity index (χ3v) is 2.91. The van der Waals surface area contributed by atoms with Crippen LogP contribution in [0.5, 0.6) is 0 Å². The molecule has 0 N–H and O–H groups in total. The standard InChI is InChI=1S/C13H16N4O3/c1-9-5-4-6-14-10(9)7-17-11(8-19-2)12(15-16-17)13(18)20-3/h4-6H,7-8H2,1-3H3. The van der Waals surface area contributed by atoms with Crippen LogP contribution in [0.2, 0.25) is 0 Å². The Hall–Kier alpha value is -2.28. The van der Waals surface area contributed by atoms with Gasteiger partial charge in [0, 0.05) is 13.3 Å². The van der Waals surface area contributed by atoms with Crippen molar-refractivity contribution in [1.29, 1.82) is 0 Å². The first kappa shape index (κ1) is 14.1. The van der Waals surface area contributed by atoms with Gasteiger partial charge in [-0.25, -0.2) is 9.48 Å². The van der Waals surface area contributed by atoms with E-state index in [0.717, 1.165) is 11.3 Å². The van der Waals surface area contributed by atoms with Gasteiger partial charge < -0.3 is 9.47 Å². The predicted molar refractivity (Wildman–Crippen MR) is 70.2 cm³/mol. The molecule has 0 bridgehead atoms. The summed E-state index contributed by atoms with van der Waals surface area (Å²) in [5.41, 5.74) is 2.66. The average molecular weight is 276 g/mol. The molecule has 0 spiro atoms. The van der Waals surface area contributed by atoms with Crippen molar-refractivity contribution < 1.29 is 14.3 Å². The monoisotopic (exact) mass is 276 g/mol. The van der Waals surface area contributed by atoms with Crippen molar-refractivity contribution in [2.75, 3.05) is 14.2 Å². The zero-order valence-electron chi connectivity index (χ0n) is 11.7. The summed E-state index contributed by atoms with van der Waals surface area (Å²) in [6.07, 6.45) is 1.72. The minimum atomic E-state index is -0.527. The van der Waals surface area contributed by atoms with Crippen LogP contribution in [0.3, 0.4) is 0 Å². The second-order valence-electron chi connectivity index (χ2n) is 4.23. The van der Waals surface area contributed by atoms with Crippen molar-refractivity contribution >= 4 is 5.97 Å². The number of hydrogen-bond acceptors (Lipinski definition) is 6. The van der Waals surface area contributed by atoms with Crippen LogP contribution in [0.15, 0.2) is 18.3 Å². The van der Waals surface area contributed by atoms with Gasteiger partial charge in [-0.2, -0.15) is 0 Å². The van der Waals surface area contributed by atoms with Crippen LogP contribution in [0.25, 0.3) is 0 Å². The van der Waals surface area contributed by atoms with Crippen molar-refractivity contribution in [2.45, 2.75) is 20.1 Å². The Bertz CT molecular complexity index is 609. The number of ether oxygens (including phenoxy) is 2. The summed E-state index contributed by atoms with van der Waals surface area (Å²) in [4.78, 5) is 15.9. The maximum absolute atomic E-state index is 11.6. The number of hydrogen-bond donors (Lipinski definition) is 0. The number of methoxy groups -OCH3 is 2. The molecule has 0 aromatic carbocycles. The first-order valence-electron chi connectivity index (χ1n) is 6.07. The highest BCUT2D eigenvalue weighted by Crippen LogP contribution is 2.12. The maximum Gasteiger partial charge on any atom is 0.360 e. The molecular formula is C13H16N4O3. The van der Waals surface area contributed by atoms with E-state index in [1.807, 2.05) is 19.1 Å². The minimum Gasteiger partial charge on any atom is -0.464 e. The molecule has 0 saturated heterocycles. The number of esters is 1.